The number of rotatable bonds is 4. The van der Waals surface area contributed by atoms with E-state index in [0.29, 0.717) is 17.7 Å². The molecule has 1 atom stereocenters. The topological polar surface area (TPSA) is 40.5 Å². The molecule has 1 aromatic heterocycles. The van der Waals surface area contributed by atoms with Crippen LogP contribution in [-0.2, 0) is 6.54 Å². The Morgan fingerprint density at radius 1 is 1.50 bits per heavy atom. The molecule has 0 bridgehead atoms. The summed E-state index contributed by atoms with van der Waals surface area (Å²) in [5, 5.41) is 4.13. The van der Waals surface area contributed by atoms with E-state index in [-0.39, 0.29) is 0 Å². The SMILES string of the molecule is CCNC(=NCc1cccc(C)n1)N1CCSC(C(C)C)C1. The molecule has 1 aliphatic rings. The predicted molar refractivity (Wildman–Crippen MR) is 96.4 cm³/mol. The molecule has 0 amide bonds. The van der Waals surface area contributed by atoms with Crippen molar-refractivity contribution < 1.29 is 0 Å². The molecule has 1 N–H and O–H groups in total. The van der Waals surface area contributed by atoms with E-state index in [1.54, 1.807) is 0 Å². The van der Waals surface area contributed by atoms with Gasteiger partial charge in [0.1, 0.15) is 0 Å². The summed E-state index contributed by atoms with van der Waals surface area (Å²) in [6.07, 6.45) is 0. The molecule has 22 heavy (non-hydrogen) atoms. The molecular formula is C17H28N4S. The smallest absolute Gasteiger partial charge is 0.194 e. The fourth-order valence-electron chi connectivity index (χ4n) is 2.54. The molecule has 0 radical (unpaired) electrons. The second-order valence-corrected chi connectivity index (χ2v) is 7.39. The van der Waals surface area contributed by atoms with Crippen LogP contribution < -0.4 is 5.32 Å². The van der Waals surface area contributed by atoms with Gasteiger partial charge in [-0.2, -0.15) is 11.8 Å². The molecular weight excluding hydrogens is 292 g/mol. The van der Waals surface area contributed by atoms with Crippen LogP contribution in [0.25, 0.3) is 0 Å². The second kappa shape index (κ2) is 8.42. The number of pyridine rings is 1. The zero-order chi connectivity index (χ0) is 15.9. The van der Waals surface area contributed by atoms with Gasteiger partial charge >= 0.3 is 0 Å². The summed E-state index contributed by atoms with van der Waals surface area (Å²) < 4.78 is 0. The number of nitrogens with one attached hydrogen (secondary N) is 1. The van der Waals surface area contributed by atoms with Crippen molar-refractivity contribution in [3.63, 3.8) is 0 Å². The fourth-order valence-corrected chi connectivity index (χ4v) is 3.84. The van der Waals surface area contributed by atoms with Crippen LogP contribution in [0.1, 0.15) is 32.2 Å². The van der Waals surface area contributed by atoms with Gasteiger partial charge in [0.15, 0.2) is 5.96 Å². The highest BCUT2D eigenvalue weighted by atomic mass is 32.2. The fraction of sp³-hybridized carbons (Fsp3) is 0.647. The molecule has 1 fully saturated rings. The summed E-state index contributed by atoms with van der Waals surface area (Å²) >= 11 is 2.09. The largest absolute Gasteiger partial charge is 0.357 e. The summed E-state index contributed by atoms with van der Waals surface area (Å²) in [5.74, 6) is 2.90. The Hall–Kier alpha value is -1.23. The highest BCUT2D eigenvalue weighted by molar-refractivity contribution is 8.00. The van der Waals surface area contributed by atoms with Crippen molar-refractivity contribution in [1.29, 1.82) is 0 Å². The first-order valence-corrected chi connectivity index (χ1v) is 9.22. The Morgan fingerprint density at radius 3 is 3.00 bits per heavy atom. The van der Waals surface area contributed by atoms with Gasteiger partial charge in [-0.15, -0.1) is 0 Å². The molecule has 5 heteroatoms. The molecule has 1 aliphatic heterocycles. The molecule has 2 heterocycles. The maximum atomic E-state index is 4.80. The number of hydrogen-bond acceptors (Lipinski definition) is 3. The van der Waals surface area contributed by atoms with E-state index in [9.17, 15) is 0 Å². The van der Waals surface area contributed by atoms with Crippen LogP contribution in [0.3, 0.4) is 0 Å². The molecule has 2 rings (SSSR count). The van der Waals surface area contributed by atoms with Crippen molar-refractivity contribution in [2.75, 3.05) is 25.4 Å². The number of guanidine groups is 1. The predicted octanol–water partition coefficient (Wildman–Crippen LogP) is 2.93. The lowest BCUT2D eigenvalue weighted by Gasteiger charge is -2.36. The van der Waals surface area contributed by atoms with E-state index in [0.717, 1.165) is 37.0 Å². The summed E-state index contributed by atoms with van der Waals surface area (Å²) in [4.78, 5) is 11.7. The number of nitrogens with zero attached hydrogens (tertiary/aromatic N) is 3. The van der Waals surface area contributed by atoms with E-state index < -0.39 is 0 Å². The molecule has 0 aliphatic carbocycles. The van der Waals surface area contributed by atoms with E-state index >= 15 is 0 Å². The van der Waals surface area contributed by atoms with Crippen LogP contribution in [-0.4, -0.2) is 46.5 Å². The third kappa shape index (κ3) is 4.90. The average Bonchev–Trinajstić information content (AvgIpc) is 2.51. The van der Waals surface area contributed by atoms with Gasteiger partial charge in [0, 0.05) is 36.3 Å². The van der Waals surface area contributed by atoms with Crippen LogP contribution in [0.2, 0.25) is 0 Å². The van der Waals surface area contributed by atoms with Gasteiger partial charge in [0.05, 0.1) is 12.2 Å². The van der Waals surface area contributed by atoms with Gasteiger partial charge < -0.3 is 10.2 Å². The van der Waals surface area contributed by atoms with Crippen molar-refractivity contribution in [3.05, 3.63) is 29.6 Å². The third-order valence-electron chi connectivity index (χ3n) is 3.81. The van der Waals surface area contributed by atoms with Gasteiger partial charge in [-0.3, -0.25) is 4.98 Å². The summed E-state index contributed by atoms with van der Waals surface area (Å²) in [6, 6.07) is 6.11. The minimum absolute atomic E-state index is 0.639. The molecule has 0 spiro atoms. The minimum atomic E-state index is 0.639. The molecule has 1 unspecified atom stereocenters. The highest BCUT2D eigenvalue weighted by Crippen LogP contribution is 2.24. The Kier molecular flexibility index (Phi) is 6.55. The van der Waals surface area contributed by atoms with Crippen molar-refractivity contribution >= 4 is 17.7 Å². The second-order valence-electron chi connectivity index (χ2n) is 6.04. The van der Waals surface area contributed by atoms with Gasteiger partial charge in [-0.25, -0.2) is 4.99 Å². The molecule has 0 saturated carbocycles. The Morgan fingerprint density at radius 2 is 2.32 bits per heavy atom. The number of aromatic nitrogens is 1. The normalized spacial score (nSPS) is 19.6. The van der Waals surface area contributed by atoms with Gasteiger partial charge in [-0.1, -0.05) is 19.9 Å². The number of aryl methyl sites for hydroxylation is 1. The quantitative estimate of drug-likeness (QED) is 0.684. The van der Waals surface area contributed by atoms with E-state index in [2.05, 4.69) is 47.7 Å². The molecule has 4 nitrogen and oxygen atoms in total. The first-order valence-electron chi connectivity index (χ1n) is 8.17. The van der Waals surface area contributed by atoms with Crippen molar-refractivity contribution in [2.24, 2.45) is 10.9 Å². The highest BCUT2D eigenvalue weighted by Gasteiger charge is 2.24. The lowest BCUT2D eigenvalue weighted by atomic mass is 10.1. The van der Waals surface area contributed by atoms with Crippen molar-refractivity contribution in [3.8, 4) is 0 Å². The van der Waals surface area contributed by atoms with E-state index in [4.69, 9.17) is 4.99 Å². The zero-order valence-corrected chi connectivity index (χ0v) is 15.0. The van der Waals surface area contributed by atoms with Crippen LogP contribution in [0.5, 0.6) is 0 Å². The molecule has 0 aromatic carbocycles. The summed E-state index contributed by atoms with van der Waals surface area (Å²) in [5.41, 5.74) is 2.08. The van der Waals surface area contributed by atoms with Crippen molar-refractivity contribution in [2.45, 2.75) is 39.5 Å². The lowest BCUT2D eigenvalue weighted by molar-refractivity contribution is 0.380. The van der Waals surface area contributed by atoms with Crippen LogP contribution in [0, 0.1) is 12.8 Å². The van der Waals surface area contributed by atoms with Crippen molar-refractivity contribution in [1.82, 2.24) is 15.2 Å². The van der Waals surface area contributed by atoms with Crippen LogP contribution >= 0.6 is 11.8 Å². The van der Waals surface area contributed by atoms with E-state index in [1.807, 2.05) is 25.1 Å². The first kappa shape index (κ1) is 17.1. The zero-order valence-electron chi connectivity index (χ0n) is 14.2. The summed E-state index contributed by atoms with van der Waals surface area (Å²) in [7, 11) is 0. The monoisotopic (exact) mass is 320 g/mol. The minimum Gasteiger partial charge on any atom is -0.357 e. The molecule has 1 aromatic rings. The van der Waals surface area contributed by atoms with Gasteiger partial charge in [0.2, 0.25) is 0 Å². The maximum absolute atomic E-state index is 4.80. The number of thioether (sulfide) groups is 1. The average molecular weight is 321 g/mol. The van der Waals surface area contributed by atoms with Gasteiger partial charge in [-0.05, 0) is 31.9 Å². The van der Waals surface area contributed by atoms with Gasteiger partial charge in [0.25, 0.3) is 0 Å². The molecule has 1 saturated heterocycles. The lowest BCUT2D eigenvalue weighted by Crippen LogP contribution is -2.49. The van der Waals surface area contributed by atoms with Crippen LogP contribution in [0.15, 0.2) is 23.2 Å². The Labute approximate surface area is 138 Å². The Bertz CT molecular complexity index is 501. The number of aliphatic imine (C=N–C) groups is 1. The van der Waals surface area contributed by atoms with E-state index in [1.165, 1.54) is 5.75 Å². The maximum Gasteiger partial charge on any atom is 0.194 e. The van der Waals surface area contributed by atoms with Crippen LogP contribution in [0.4, 0.5) is 0 Å². The first-order chi connectivity index (χ1) is 10.6. The molecule has 122 valence electrons. The standard InChI is InChI=1S/C17H28N4S/c1-5-18-17(19-11-15-8-6-7-14(4)20-15)21-9-10-22-16(12-21)13(2)3/h6-8,13,16H,5,9-12H2,1-4H3,(H,18,19). The third-order valence-corrected chi connectivity index (χ3v) is 5.35. The summed E-state index contributed by atoms with van der Waals surface area (Å²) in [6.45, 7) is 12.4. The number of hydrogen-bond donors (Lipinski definition) is 1. The Balaban J connectivity index is 2.06.